The third-order valence-electron chi connectivity index (χ3n) is 6.56. The van der Waals surface area contributed by atoms with Gasteiger partial charge in [-0.2, -0.15) is 0 Å². The van der Waals surface area contributed by atoms with Gasteiger partial charge in [0.1, 0.15) is 5.82 Å². The molecule has 5 aromatic rings. The number of nitrogens with zero attached hydrogens (tertiary/aromatic N) is 6. The van der Waals surface area contributed by atoms with Crippen LogP contribution in [0.2, 0.25) is 0 Å². The Morgan fingerprint density at radius 3 is 2.46 bits per heavy atom. The number of non-ortho nitro benzene ring substituents is 1. The molecule has 0 unspecified atom stereocenters. The monoisotopic (exact) mass is 559 g/mol. The van der Waals surface area contributed by atoms with Gasteiger partial charge < -0.3 is 14.5 Å². The van der Waals surface area contributed by atoms with Crippen LogP contribution in [-0.4, -0.2) is 49.2 Å². The molecule has 2 heterocycles. The van der Waals surface area contributed by atoms with Crippen LogP contribution in [-0.2, 0) is 26.2 Å². The number of rotatable bonds is 11. The lowest BCUT2D eigenvalue weighted by Gasteiger charge is -2.22. The maximum absolute atomic E-state index is 13.6. The highest BCUT2D eigenvalue weighted by Gasteiger charge is 2.18. The van der Waals surface area contributed by atoms with Crippen LogP contribution in [0.4, 0.5) is 10.1 Å². The van der Waals surface area contributed by atoms with E-state index in [2.05, 4.69) is 20.5 Å². The van der Waals surface area contributed by atoms with Crippen molar-refractivity contribution >= 4 is 16.6 Å². The van der Waals surface area contributed by atoms with Crippen molar-refractivity contribution in [3.05, 3.63) is 116 Å². The molecule has 0 aliphatic carbocycles. The van der Waals surface area contributed by atoms with Crippen molar-refractivity contribution < 1.29 is 18.8 Å². The predicted octanol–water partition coefficient (Wildman–Crippen LogP) is 3.83. The normalized spacial score (nSPS) is 11.2. The summed E-state index contributed by atoms with van der Waals surface area (Å²) in [5.41, 5.74) is 2.28. The van der Waals surface area contributed by atoms with Crippen LogP contribution in [0.3, 0.4) is 0 Å². The van der Waals surface area contributed by atoms with Crippen LogP contribution >= 0.6 is 0 Å². The number of aromatic nitrogens is 5. The van der Waals surface area contributed by atoms with Gasteiger partial charge in [-0.1, -0.05) is 24.3 Å². The first-order valence-electron chi connectivity index (χ1n) is 12.6. The van der Waals surface area contributed by atoms with E-state index in [1.807, 2.05) is 4.90 Å². The van der Waals surface area contributed by atoms with Gasteiger partial charge in [0.2, 0.25) is 0 Å². The number of H-pyrrole nitrogens is 1. The number of halogens is 1. The predicted molar refractivity (Wildman–Crippen MR) is 147 cm³/mol. The van der Waals surface area contributed by atoms with E-state index in [-0.39, 0.29) is 36.7 Å². The molecule has 0 amide bonds. The number of methoxy groups -OCH3 is 2. The second kappa shape index (κ2) is 11.9. The zero-order chi connectivity index (χ0) is 28.9. The minimum absolute atomic E-state index is 0.0279. The number of nitrogens with one attached hydrogen (secondary N) is 1. The Kier molecular flexibility index (Phi) is 7.97. The summed E-state index contributed by atoms with van der Waals surface area (Å²) in [6, 6.07) is 17.6. The Morgan fingerprint density at radius 2 is 1.73 bits per heavy atom. The van der Waals surface area contributed by atoms with Gasteiger partial charge in [0.05, 0.1) is 37.7 Å². The van der Waals surface area contributed by atoms with Gasteiger partial charge in [-0.15, -0.1) is 5.10 Å². The highest BCUT2D eigenvalue weighted by molar-refractivity contribution is 5.83. The quantitative estimate of drug-likeness (QED) is 0.189. The number of pyridine rings is 1. The summed E-state index contributed by atoms with van der Waals surface area (Å²) in [5.74, 6) is 1.16. The molecule has 2 aromatic heterocycles. The fourth-order valence-corrected chi connectivity index (χ4v) is 4.55. The molecule has 0 atom stereocenters. The smallest absolute Gasteiger partial charge is 0.269 e. The van der Waals surface area contributed by atoms with E-state index in [0.717, 1.165) is 10.9 Å². The molecule has 0 spiro atoms. The fourth-order valence-electron chi connectivity index (χ4n) is 4.55. The largest absolute Gasteiger partial charge is 0.493 e. The summed E-state index contributed by atoms with van der Waals surface area (Å²) >= 11 is 0. The van der Waals surface area contributed by atoms with E-state index < -0.39 is 4.92 Å². The zero-order valence-corrected chi connectivity index (χ0v) is 22.3. The van der Waals surface area contributed by atoms with E-state index in [4.69, 9.17) is 9.47 Å². The van der Waals surface area contributed by atoms with Gasteiger partial charge in [0.25, 0.3) is 11.2 Å². The van der Waals surface area contributed by atoms with Crippen molar-refractivity contribution in [2.45, 2.75) is 26.2 Å². The second-order valence-corrected chi connectivity index (χ2v) is 9.37. The minimum Gasteiger partial charge on any atom is -0.493 e. The molecule has 210 valence electrons. The summed E-state index contributed by atoms with van der Waals surface area (Å²) in [7, 11) is 3.06. The maximum Gasteiger partial charge on any atom is 0.269 e. The second-order valence-electron chi connectivity index (χ2n) is 9.37. The molecule has 0 aliphatic rings. The molecular weight excluding hydrogens is 533 g/mol. The van der Waals surface area contributed by atoms with Crippen molar-refractivity contribution in [2.24, 2.45) is 0 Å². The minimum atomic E-state index is -0.457. The molecule has 0 saturated heterocycles. The van der Waals surface area contributed by atoms with Crippen LogP contribution in [0.5, 0.6) is 11.5 Å². The van der Waals surface area contributed by atoms with Gasteiger partial charge in [0.15, 0.2) is 17.3 Å². The lowest BCUT2D eigenvalue weighted by Crippen LogP contribution is -2.28. The molecule has 0 saturated carbocycles. The molecule has 0 bridgehead atoms. The molecule has 0 radical (unpaired) electrons. The summed E-state index contributed by atoms with van der Waals surface area (Å²) in [6.07, 6.45) is 0. The Bertz CT molecular complexity index is 1750. The van der Waals surface area contributed by atoms with Gasteiger partial charge in [0, 0.05) is 42.2 Å². The van der Waals surface area contributed by atoms with Crippen LogP contribution in [0.25, 0.3) is 10.9 Å². The number of benzene rings is 3. The highest BCUT2D eigenvalue weighted by atomic mass is 19.1. The number of tetrazole rings is 1. The van der Waals surface area contributed by atoms with E-state index >= 15 is 0 Å². The Balaban J connectivity index is 1.46. The molecule has 41 heavy (non-hydrogen) atoms. The standard InChI is InChI=1S/C28H26FN7O5/c1-40-25-12-20-11-21(28(37)30-24(20)13-26(25)41-2)16-34(14-18-6-8-22(29)9-7-18)17-27-31-32-33-35(27)15-19-4-3-5-23(10-19)36(38)39/h3-13H,14-17H2,1-2H3,(H,30,37). The third-order valence-corrected chi connectivity index (χ3v) is 6.56. The number of nitro groups is 1. The van der Waals surface area contributed by atoms with Crippen molar-refractivity contribution in [1.29, 1.82) is 0 Å². The summed E-state index contributed by atoms with van der Waals surface area (Å²) in [5, 5.41) is 24.0. The number of aromatic amines is 1. The van der Waals surface area contributed by atoms with Crippen molar-refractivity contribution in [3.63, 3.8) is 0 Å². The molecule has 5 rings (SSSR count). The third kappa shape index (κ3) is 6.36. The number of nitro benzene ring substituents is 1. The van der Waals surface area contributed by atoms with E-state index in [0.29, 0.717) is 40.5 Å². The number of ether oxygens (including phenoxy) is 2. The van der Waals surface area contributed by atoms with Crippen molar-refractivity contribution in [2.75, 3.05) is 14.2 Å². The van der Waals surface area contributed by atoms with Gasteiger partial charge >= 0.3 is 0 Å². The number of hydrogen-bond acceptors (Lipinski definition) is 9. The van der Waals surface area contributed by atoms with Gasteiger partial charge in [-0.3, -0.25) is 19.8 Å². The highest BCUT2D eigenvalue weighted by Crippen LogP contribution is 2.31. The molecule has 13 heteroatoms. The van der Waals surface area contributed by atoms with Gasteiger partial charge in [-0.05, 0) is 45.8 Å². The van der Waals surface area contributed by atoms with Crippen LogP contribution in [0.1, 0.15) is 22.5 Å². The molecular formula is C28H26FN7O5. The maximum atomic E-state index is 13.6. The summed E-state index contributed by atoms with van der Waals surface area (Å²) in [6.45, 7) is 1.04. The van der Waals surface area contributed by atoms with E-state index in [9.17, 15) is 19.3 Å². The SMILES string of the molecule is COc1cc2cc(CN(Cc3ccc(F)cc3)Cc3nnnn3Cc3cccc([N+](=O)[O-])c3)c(=O)[nH]c2cc1OC. The number of fused-ring (bicyclic) bond motifs is 1. The average Bonchev–Trinajstić information content (AvgIpc) is 3.40. The summed E-state index contributed by atoms with van der Waals surface area (Å²) < 4.78 is 25.9. The first kappa shape index (κ1) is 27.4. The van der Waals surface area contributed by atoms with Crippen molar-refractivity contribution in [1.82, 2.24) is 30.1 Å². The zero-order valence-electron chi connectivity index (χ0n) is 22.3. The Hall–Kier alpha value is -5.17. The van der Waals surface area contributed by atoms with E-state index in [1.165, 1.54) is 31.4 Å². The van der Waals surface area contributed by atoms with Crippen LogP contribution in [0.15, 0.2) is 71.5 Å². The Morgan fingerprint density at radius 1 is 0.976 bits per heavy atom. The molecule has 1 N–H and O–H groups in total. The molecule has 12 nitrogen and oxygen atoms in total. The van der Waals surface area contributed by atoms with Gasteiger partial charge in [-0.25, -0.2) is 9.07 Å². The molecule has 3 aromatic carbocycles. The van der Waals surface area contributed by atoms with Crippen LogP contribution in [0, 0.1) is 15.9 Å². The number of hydrogen-bond donors (Lipinski definition) is 1. The van der Waals surface area contributed by atoms with E-state index in [1.54, 1.807) is 54.3 Å². The lowest BCUT2D eigenvalue weighted by atomic mass is 10.1. The van der Waals surface area contributed by atoms with Crippen LogP contribution < -0.4 is 15.0 Å². The van der Waals surface area contributed by atoms with Crippen molar-refractivity contribution in [3.8, 4) is 11.5 Å². The first-order valence-corrected chi connectivity index (χ1v) is 12.6. The fraction of sp³-hybridized carbons (Fsp3) is 0.214. The topological polar surface area (TPSA) is 141 Å². The lowest BCUT2D eigenvalue weighted by molar-refractivity contribution is -0.384. The first-order chi connectivity index (χ1) is 19.8. The Labute approximate surface area is 233 Å². The molecule has 0 fully saturated rings. The average molecular weight is 560 g/mol. The molecule has 0 aliphatic heterocycles. The summed E-state index contributed by atoms with van der Waals surface area (Å²) in [4.78, 5) is 28.7.